The lowest BCUT2D eigenvalue weighted by atomic mass is 9.82. The minimum absolute atomic E-state index is 0. The summed E-state index contributed by atoms with van der Waals surface area (Å²) in [7, 11) is 0. The Labute approximate surface area is 145 Å². The van der Waals surface area contributed by atoms with E-state index in [-0.39, 0.29) is 31.4 Å². The Kier molecular flexibility index (Phi) is 7.57. The lowest BCUT2D eigenvalue weighted by Gasteiger charge is -2.31. The Morgan fingerprint density at radius 2 is 1.58 bits per heavy atom. The summed E-state index contributed by atoms with van der Waals surface area (Å²) in [5.41, 5.74) is 4.61. The molecule has 1 aromatic carbocycles. The average molecular weight is 362 g/mol. The van der Waals surface area contributed by atoms with Crippen LogP contribution in [0.1, 0.15) is 42.5 Å². The molecule has 1 fully saturated rings. The summed E-state index contributed by atoms with van der Waals surface area (Å²) >= 11 is 0. The second-order valence-electron chi connectivity index (χ2n) is 5.83. The third-order valence-corrected chi connectivity index (χ3v) is 4.08. The molecule has 0 atom stereocenters. The fourth-order valence-corrected chi connectivity index (χ4v) is 2.74. The predicted octanol–water partition coefficient (Wildman–Crippen LogP) is 1.89. The van der Waals surface area contributed by atoms with E-state index in [9.17, 15) is 18.4 Å². The van der Waals surface area contributed by atoms with Gasteiger partial charge in [0.05, 0.1) is 5.54 Å². The highest BCUT2D eigenvalue weighted by Gasteiger charge is 2.34. The van der Waals surface area contributed by atoms with Gasteiger partial charge in [-0.25, -0.2) is 8.78 Å². The van der Waals surface area contributed by atoms with Crippen LogP contribution in [0, 0.1) is 11.6 Å². The largest absolute Gasteiger partial charge is 0.353 e. The Morgan fingerprint density at radius 1 is 1.04 bits per heavy atom. The Bertz CT molecular complexity index is 572. The van der Waals surface area contributed by atoms with Crippen molar-refractivity contribution in [2.75, 3.05) is 13.1 Å². The van der Waals surface area contributed by atoms with Gasteiger partial charge in [-0.15, -0.1) is 12.4 Å². The van der Waals surface area contributed by atoms with Crippen molar-refractivity contribution in [2.45, 2.75) is 37.6 Å². The van der Waals surface area contributed by atoms with Crippen LogP contribution in [0.5, 0.6) is 0 Å². The minimum Gasteiger partial charge on any atom is -0.353 e. The predicted molar refractivity (Wildman–Crippen MR) is 89.0 cm³/mol. The van der Waals surface area contributed by atoms with Gasteiger partial charge in [0, 0.05) is 13.1 Å². The highest BCUT2D eigenvalue weighted by molar-refractivity contribution is 5.94. The molecule has 0 heterocycles. The second-order valence-corrected chi connectivity index (χ2v) is 5.83. The molecule has 1 saturated carbocycles. The molecule has 1 aliphatic carbocycles. The number of carbonyl (C=O) groups is 2. The molecule has 2 rings (SSSR count). The van der Waals surface area contributed by atoms with E-state index in [1.807, 2.05) is 0 Å². The molecule has 1 aliphatic rings. The van der Waals surface area contributed by atoms with E-state index in [1.54, 1.807) is 0 Å². The number of nitrogens with one attached hydrogen (secondary N) is 2. The van der Waals surface area contributed by atoms with Gasteiger partial charge in [-0.1, -0.05) is 25.3 Å². The van der Waals surface area contributed by atoms with Crippen molar-refractivity contribution < 1.29 is 18.4 Å². The zero-order valence-electron chi connectivity index (χ0n) is 13.2. The number of benzene rings is 1. The summed E-state index contributed by atoms with van der Waals surface area (Å²) < 4.78 is 26.9. The molecule has 8 heteroatoms. The lowest BCUT2D eigenvalue weighted by Crippen LogP contribution is -2.55. The van der Waals surface area contributed by atoms with E-state index in [0.717, 1.165) is 31.4 Å². The van der Waals surface area contributed by atoms with Crippen molar-refractivity contribution in [3.63, 3.8) is 0 Å². The molecule has 5 nitrogen and oxygen atoms in total. The van der Waals surface area contributed by atoms with Gasteiger partial charge < -0.3 is 16.4 Å². The first kappa shape index (κ1) is 20.3. The summed E-state index contributed by atoms with van der Waals surface area (Å²) in [6.07, 6.45) is 4.22. The molecule has 0 unspecified atom stereocenters. The monoisotopic (exact) mass is 361 g/mol. The van der Waals surface area contributed by atoms with Crippen LogP contribution in [0.4, 0.5) is 8.78 Å². The van der Waals surface area contributed by atoms with Gasteiger partial charge in [-0.05, 0) is 25.0 Å². The van der Waals surface area contributed by atoms with E-state index in [4.69, 9.17) is 5.73 Å². The maximum atomic E-state index is 13.4. The summed E-state index contributed by atoms with van der Waals surface area (Å²) in [5, 5.41) is 5.04. The molecular weight excluding hydrogens is 340 g/mol. The van der Waals surface area contributed by atoms with Gasteiger partial charge in [0.2, 0.25) is 5.91 Å². The smallest absolute Gasteiger partial charge is 0.257 e. The molecule has 2 amide bonds. The van der Waals surface area contributed by atoms with Crippen LogP contribution in [0.3, 0.4) is 0 Å². The van der Waals surface area contributed by atoms with Crippen LogP contribution in [0.2, 0.25) is 0 Å². The maximum absolute atomic E-state index is 13.4. The van der Waals surface area contributed by atoms with E-state index >= 15 is 0 Å². The molecule has 0 radical (unpaired) electrons. The lowest BCUT2D eigenvalue weighted by molar-refractivity contribution is -0.127. The van der Waals surface area contributed by atoms with Gasteiger partial charge in [0.25, 0.3) is 5.91 Å². The second kappa shape index (κ2) is 8.94. The fourth-order valence-electron chi connectivity index (χ4n) is 2.74. The molecule has 0 aromatic heterocycles. The van der Waals surface area contributed by atoms with Crippen LogP contribution in [-0.4, -0.2) is 30.4 Å². The minimum atomic E-state index is -0.922. The van der Waals surface area contributed by atoms with Crippen LogP contribution < -0.4 is 16.4 Å². The van der Waals surface area contributed by atoms with Gasteiger partial charge >= 0.3 is 0 Å². The average Bonchev–Trinajstić information content (AvgIpc) is 2.52. The molecule has 1 aromatic rings. The van der Waals surface area contributed by atoms with Crippen LogP contribution >= 0.6 is 12.4 Å². The topological polar surface area (TPSA) is 84.2 Å². The number of hydrogen-bond acceptors (Lipinski definition) is 3. The molecular formula is C16H22ClF2N3O2. The third-order valence-electron chi connectivity index (χ3n) is 4.08. The number of nitrogens with two attached hydrogens (primary N) is 1. The van der Waals surface area contributed by atoms with Gasteiger partial charge in [-0.2, -0.15) is 0 Å². The first-order valence-electron chi connectivity index (χ1n) is 7.73. The number of amides is 2. The Balaban J connectivity index is 0.00000288. The summed E-state index contributed by atoms with van der Waals surface area (Å²) in [4.78, 5) is 23.8. The van der Waals surface area contributed by atoms with Gasteiger partial charge in [-0.3, -0.25) is 9.59 Å². The molecule has 0 bridgehead atoms. The van der Waals surface area contributed by atoms with Crippen molar-refractivity contribution in [1.82, 2.24) is 10.6 Å². The first-order valence-corrected chi connectivity index (χ1v) is 7.73. The third kappa shape index (κ3) is 4.88. The van der Waals surface area contributed by atoms with Crippen LogP contribution in [0.15, 0.2) is 18.2 Å². The summed E-state index contributed by atoms with van der Waals surface area (Å²) in [6, 6.07) is 3.22. The normalized spacial score (nSPS) is 16.0. The molecule has 0 spiro atoms. The molecule has 24 heavy (non-hydrogen) atoms. The highest BCUT2D eigenvalue weighted by atomic mass is 35.5. The number of carbonyl (C=O) groups excluding carboxylic acids is 2. The number of rotatable bonds is 5. The van der Waals surface area contributed by atoms with Crippen molar-refractivity contribution in [1.29, 1.82) is 0 Å². The van der Waals surface area contributed by atoms with Crippen molar-refractivity contribution >= 4 is 24.2 Å². The summed E-state index contributed by atoms with van der Waals surface area (Å²) in [6.45, 7) is 0.216. The quantitative estimate of drug-likeness (QED) is 0.700. The summed E-state index contributed by atoms with van der Waals surface area (Å²) in [5.74, 6) is -2.94. The Morgan fingerprint density at radius 3 is 2.17 bits per heavy atom. The van der Waals surface area contributed by atoms with Crippen LogP contribution in [0.25, 0.3) is 0 Å². The van der Waals surface area contributed by atoms with E-state index in [0.29, 0.717) is 12.8 Å². The van der Waals surface area contributed by atoms with Crippen molar-refractivity contribution in [3.8, 4) is 0 Å². The van der Waals surface area contributed by atoms with Crippen molar-refractivity contribution in [2.24, 2.45) is 5.73 Å². The van der Waals surface area contributed by atoms with Gasteiger partial charge in [0.15, 0.2) is 0 Å². The zero-order chi connectivity index (χ0) is 16.9. The molecule has 0 aliphatic heterocycles. The number of hydrogen-bond donors (Lipinski definition) is 3. The zero-order valence-corrected chi connectivity index (χ0v) is 14.1. The van der Waals surface area contributed by atoms with E-state index in [2.05, 4.69) is 10.6 Å². The first-order chi connectivity index (χ1) is 10.9. The number of halogens is 3. The molecule has 134 valence electrons. The Hall–Kier alpha value is -1.73. The SMILES string of the molecule is Cl.NC1(C(=O)NCCNC(=O)c2c(F)cccc2F)CCCCC1. The fraction of sp³-hybridized carbons (Fsp3) is 0.500. The maximum Gasteiger partial charge on any atom is 0.257 e. The molecule has 0 saturated heterocycles. The van der Waals surface area contributed by atoms with Crippen molar-refractivity contribution in [3.05, 3.63) is 35.4 Å². The molecule has 4 N–H and O–H groups in total. The van der Waals surface area contributed by atoms with E-state index in [1.165, 1.54) is 6.07 Å². The highest BCUT2D eigenvalue weighted by Crippen LogP contribution is 2.25. The van der Waals surface area contributed by atoms with Crippen LogP contribution in [-0.2, 0) is 4.79 Å². The van der Waals surface area contributed by atoms with Gasteiger partial charge in [0.1, 0.15) is 17.2 Å². The van der Waals surface area contributed by atoms with E-state index < -0.39 is 28.6 Å². The standard InChI is InChI=1S/C16H21F2N3O2.ClH/c17-11-5-4-6-12(18)13(11)14(22)20-9-10-21-15(23)16(19)7-2-1-3-8-16;/h4-6H,1-3,7-10,19H2,(H,20,22)(H,21,23);1H.